The van der Waals surface area contributed by atoms with Gasteiger partial charge < -0.3 is 16.0 Å². The molecule has 3 N–H and O–H groups in total. The molecule has 1 atom stereocenters. The third-order valence-electron chi connectivity index (χ3n) is 3.27. The molecule has 20 heavy (non-hydrogen) atoms. The zero-order valence-corrected chi connectivity index (χ0v) is 11.7. The Labute approximate surface area is 118 Å². The second-order valence-electron chi connectivity index (χ2n) is 5.26. The third kappa shape index (κ3) is 3.26. The fourth-order valence-corrected chi connectivity index (χ4v) is 2.25. The number of hydrogen-bond acceptors (Lipinski definition) is 4. The fourth-order valence-electron chi connectivity index (χ4n) is 2.25. The maximum Gasteiger partial charge on any atom is 0.268 e. The third-order valence-corrected chi connectivity index (χ3v) is 3.27. The highest BCUT2D eigenvalue weighted by Gasteiger charge is 2.27. The zero-order valence-electron chi connectivity index (χ0n) is 11.7. The monoisotopic (exact) mass is 275 g/mol. The molecule has 1 aromatic heterocycles. The number of primary amides is 1. The van der Waals surface area contributed by atoms with Crippen LogP contribution in [0.2, 0.25) is 0 Å². The molecule has 2 rings (SSSR count). The molecular formula is C14H19N4O2. The molecule has 0 unspecified atom stereocenters. The van der Waals surface area contributed by atoms with E-state index < -0.39 is 5.91 Å². The number of hydrogen-bond donors (Lipinski definition) is 2. The number of nitrogens with two attached hydrogens (primary N) is 1. The van der Waals surface area contributed by atoms with Gasteiger partial charge in [0.2, 0.25) is 5.91 Å². The number of carbonyl (C=O) groups is 2. The van der Waals surface area contributed by atoms with E-state index in [9.17, 15) is 9.59 Å². The van der Waals surface area contributed by atoms with Crippen LogP contribution in [0.1, 0.15) is 30.8 Å². The van der Waals surface area contributed by atoms with E-state index in [1.54, 1.807) is 12.1 Å². The van der Waals surface area contributed by atoms with Gasteiger partial charge in [-0.05, 0) is 18.6 Å². The molecule has 0 bridgehead atoms. The number of rotatable bonds is 4. The molecule has 107 valence electrons. The number of anilines is 1. The summed E-state index contributed by atoms with van der Waals surface area (Å²) in [6, 6.07) is 6.18. The molecule has 1 aromatic rings. The normalized spacial score (nSPS) is 18.4. The minimum absolute atomic E-state index is 0.0136. The molecule has 0 aromatic carbocycles. The van der Waals surface area contributed by atoms with Crippen LogP contribution in [0.5, 0.6) is 0 Å². The predicted octanol–water partition coefficient (Wildman–Crippen LogP) is 0.649. The highest BCUT2D eigenvalue weighted by Crippen LogP contribution is 2.16. The standard InChI is InChI=1S/C14H19N4O2/c1-9(2)14(20)18-7-6-10(8-18)16-12-5-3-4-11(17-12)13(15)19/h3,5,9-10H,6-8H2,1-2H3,(H2,15,19)(H,16,17)/t10-/m0/s1. The minimum Gasteiger partial charge on any atom is -0.365 e. The van der Waals surface area contributed by atoms with Gasteiger partial charge in [0.15, 0.2) is 0 Å². The summed E-state index contributed by atoms with van der Waals surface area (Å²) >= 11 is 0. The van der Waals surface area contributed by atoms with Crippen molar-refractivity contribution in [3.63, 3.8) is 0 Å². The van der Waals surface area contributed by atoms with E-state index in [2.05, 4.69) is 16.4 Å². The van der Waals surface area contributed by atoms with Crippen molar-refractivity contribution in [2.45, 2.75) is 26.3 Å². The van der Waals surface area contributed by atoms with Crippen LogP contribution >= 0.6 is 0 Å². The topological polar surface area (TPSA) is 88.3 Å². The Morgan fingerprint density at radius 3 is 2.95 bits per heavy atom. The Kier molecular flexibility index (Phi) is 4.22. The van der Waals surface area contributed by atoms with Crippen molar-refractivity contribution in [2.75, 3.05) is 18.4 Å². The number of nitrogens with one attached hydrogen (secondary N) is 1. The summed E-state index contributed by atoms with van der Waals surface area (Å²) in [6.07, 6.45) is 0.866. The first-order valence-electron chi connectivity index (χ1n) is 6.71. The molecule has 1 aliphatic rings. The van der Waals surface area contributed by atoms with Crippen molar-refractivity contribution >= 4 is 17.6 Å². The Hall–Kier alpha value is -2.11. The highest BCUT2D eigenvalue weighted by atomic mass is 16.2. The van der Waals surface area contributed by atoms with Crippen LogP contribution < -0.4 is 11.1 Å². The first-order valence-corrected chi connectivity index (χ1v) is 6.71. The van der Waals surface area contributed by atoms with E-state index in [0.29, 0.717) is 12.4 Å². The predicted molar refractivity (Wildman–Crippen MR) is 75.0 cm³/mol. The van der Waals surface area contributed by atoms with Crippen molar-refractivity contribution < 1.29 is 9.59 Å². The number of nitrogens with zero attached hydrogens (tertiary/aromatic N) is 2. The SMILES string of the molecule is CC(C)C(=O)N1CC[C@H](Nc2cc[c]c(C(N)=O)n2)C1. The molecule has 6 nitrogen and oxygen atoms in total. The summed E-state index contributed by atoms with van der Waals surface area (Å²) < 4.78 is 0. The maximum absolute atomic E-state index is 11.9. The number of aromatic nitrogens is 1. The average molecular weight is 275 g/mol. The van der Waals surface area contributed by atoms with Crippen LogP contribution in [0, 0.1) is 12.0 Å². The summed E-state index contributed by atoms with van der Waals surface area (Å²) in [7, 11) is 0. The van der Waals surface area contributed by atoms with Gasteiger partial charge in [0.05, 0.1) is 0 Å². The number of amides is 2. The molecule has 1 aliphatic heterocycles. The fraction of sp³-hybridized carbons (Fsp3) is 0.500. The van der Waals surface area contributed by atoms with Gasteiger partial charge in [0.1, 0.15) is 11.5 Å². The van der Waals surface area contributed by atoms with Crippen LogP contribution in [0.4, 0.5) is 5.82 Å². The van der Waals surface area contributed by atoms with Gasteiger partial charge >= 0.3 is 0 Å². The van der Waals surface area contributed by atoms with Crippen molar-refractivity contribution in [3.05, 3.63) is 23.9 Å². The Balaban J connectivity index is 1.97. The van der Waals surface area contributed by atoms with Gasteiger partial charge in [-0.1, -0.05) is 13.8 Å². The average Bonchev–Trinajstić information content (AvgIpc) is 2.86. The Bertz CT molecular complexity index is 516. The summed E-state index contributed by atoms with van der Waals surface area (Å²) in [5.74, 6) is 0.166. The Morgan fingerprint density at radius 2 is 2.30 bits per heavy atom. The largest absolute Gasteiger partial charge is 0.365 e. The Morgan fingerprint density at radius 1 is 1.55 bits per heavy atom. The number of likely N-dealkylation sites (tertiary alicyclic amines) is 1. The van der Waals surface area contributed by atoms with Gasteiger partial charge in [0, 0.05) is 31.1 Å². The number of carbonyl (C=O) groups excluding carboxylic acids is 2. The van der Waals surface area contributed by atoms with Gasteiger partial charge in [-0.2, -0.15) is 0 Å². The molecule has 2 heterocycles. The molecule has 6 heteroatoms. The maximum atomic E-state index is 11.9. The lowest BCUT2D eigenvalue weighted by Gasteiger charge is -2.19. The smallest absolute Gasteiger partial charge is 0.268 e. The first kappa shape index (κ1) is 14.3. The molecule has 1 radical (unpaired) electrons. The minimum atomic E-state index is -0.600. The molecular weight excluding hydrogens is 256 g/mol. The van der Waals surface area contributed by atoms with Crippen molar-refractivity contribution in [1.82, 2.24) is 9.88 Å². The molecule has 0 aliphatic carbocycles. The summed E-state index contributed by atoms with van der Waals surface area (Å²) in [5.41, 5.74) is 5.29. The quantitative estimate of drug-likeness (QED) is 0.844. The molecule has 1 fully saturated rings. The second-order valence-corrected chi connectivity index (χ2v) is 5.26. The van der Waals surface area contributed by atoms with E-state index in [1.807, 2.05) is 18.7 Å². The van der Waals surface area contributed by atoms with E-state index >= 15 is 0 Å². The lowest BCUT2D eigenvalue weighted by Crippen LogP contribution is -2.34. The molecule has 1 saturated heterocycles. The van der Waals surface area contributed by atoms with E-state index in [-0.39, 0.29) is 23.6 Å². The first-order chi connectivity index (χ1) is 9.47. The summed E-state index contributed by atoms with van der Waals surface area (Å²) in [5, 5.41) is 3.23. The van der Waals surface area contributed by atoms with E-state index in [4.69, 9.17) is 5.73 Å². The van der Waals surface area contributed by atoms with E-state index in [0.717, 1.165) is 13.0 Å². The summed E-state index contributed by atoms with van der Waals surface area (Å²) in [6.45, 7) is 5.20. The second kappa shape index (κ2) is 5.90. The molecule has 0 spiro atoms. The van der Waals surface area contributed by atoms with Gasteiger partial charge in [-0.25, -0.2) is 4.98 Å². The molecule has 0 saturated carbocycles. The van der Waals surface area contributed by atoms with Crippen LogP contribution in [0.15, 0.2) is 12.1 Å². The lowest BCUT2D eigenvalue weighted by molar-refractivity contribution is -0.133. The van der Waals surface area contributed by atoms with E-state index in [1.165, 1.54) is 0 Å². The van der Waals surface area contributed by atoms with Crippen molar-refractivity contribution in [2.24, 2.45) is 11.7 Å². The van der Waals surface area contributed by atoms with Gasteiger partial charge in [0.25, 0.3) is 5.91 Å². The van der Waals surface area contributed by atoms with Gasteiger partial charge in [-0.3, -0.25) is 9.59 Å². The number of pyridine rings is 1. The van der Waals surface area contributed by atoms with Crippen LogP contribution in [0.25, 0.3) is 0 Å². The lowest BCUT2D eigenvalue weighted by atomic mass is 10.2. The molecule has 2 amide bonds. The highest BCUT2D eigenvalue weighted by molar-refractivity contribution is 5.90. The van der Waals surface area contributed by atoms with Crippen LogP contribution in [-0.2, 0) is 4.79 Å². The van der Waals surface area contributed by atoms with Gasteiger partial charge in [-0.15, -0.1) is 0 Å². The van der Waals surface area contributed by atoms with Crippen molar-refractivity contribution in [3.8, 4) is 0 Å². The zero-order chi connectivity index (χ0) is 14.7. The van der Waals surface area contributed by atoms with Crippen LogP contribution in [0.3, 0.4) is 0 Å². The van der Waals surface area contributed by atoms with Crippen molar-refractivity contribution in [1.29, 1.82) is 0 Å². The van der Waals surface area contributed by atoms with Crippen LogP contribution in [-0.4, -0.2) is 40.8 Å². The summed E-state index contributed by atoms with van der Waals surface area (Å²) in [4.78, 5) is 28.9.